The predicted molar refractivity (Wildman–Crippen MR) is 140 cm³/mol. The van der Waals surface area contributed by atoms with E-state index in [9.17, 15) is 10.1 Å². The molecular weight excluding hydrogens is 480 g/mol. The minimum atomic E-state index is -0.378. The number of para-hydroxylation sites is 1. The van der Waals surface area contributed by atoms with E-state index in [0.717, 1.165) is 22.6 Å². The third kappa shape index (κ3) is 5.93. The number of nitriles is 1. The Balaban J connectivity index is 1.62. The zero-order valence-electron chi connectivity index (χ0n) is 18.8. The third-order valence-electron chi connectivity index (χ3n) is 5.07. The first kappa shape index (κ1) is 24.1. The monoisotopic (exact) mass is 500 g/mol. The number of methoxy groups -OCH3 is 1. The average Bonchev–Trinajstić information content (AvgIpc) is 3.24. The summed E-state index contributed by atoms with van der Waals surface area (Å²) in [6.45, 7) is 0. The van der Waals surface area contributed by atoms with Gasteiger partial charge in [-0.1, -0.05) is 71.9 Å². The highest BCUT2D eigenvalue weighted by atomic mass is 35.5. The Morgan fingerprint density at radius 2 is 1.83 bits per heavy atom. The van der Waals surface area contributed by atoms with Gasteiger partial charge in [0.1, 0.15) is 22.4 Å². The van der Waals surface area contributed by atoms with Crippen molar-refractivity contribution in [2.45, 2.75) is 10.8 Å². The second-order valence-corrected chi connectivity index (χ2v) is 8.73. The number of halogens is 1. The van der Waals surface area contributed by atoms with Crippen LogP contribution in [0.4, 0.5) is 5.82 Å². The Morgan fingerprint density at radius 1 is 1.11 bits per heavy atom. The molecule has 0 fully saturated rings. The number of amides is 1. The first-order valence-corrected chi connectivity index (χ1v) is 12.0. The zero-order valence-corrected chi connectivity index (χ0v) is 20.4. The molecule has 1 aromatic heterocycles. The summed E-state index contributed by atoms with van der Waals surface area (Å²) in [5.74, 6) is 1.20. The fourth-order valence-corrected chi connectivity index (χ4v) is 4.53. The molecule has 0 saturated heterocycles. The topological polar surface area (TPSA) is 79.9 Å². The smallest absolute Gasteiger partial charge is 0.249 e. The summed E-state index contributed by atoms with van der Waals surface area (Å²) < 4.78 is 6.73. The predicted octanol–water partition coefficient (Wildman–Crippen LogP) is 6.35. The molecule has 0 unspecified atom stereocenters. The number of hydrogen-bond donors (Lipinski definition) is 1. The van der Waals surface area contributed by atoms with E-state index in [1.165, 1.54) is 17.8 Å². The van der Waals surface area contributed by atoms with Crippen molar-refractivity contribution in [2.75, 3.05) is 12.4 Å². The zero-order chi connectivity index (χ0) is 24.6. The first-order valence-electron chi connectivity index (χ1n) is 10.7. The quantitative estimate of drug-likeness (QED) is 0.225. The number of carbonyl (C=O) groups is 1. The lowest BCUT2D eigenvalue weighted by molar-refractivity contribution is -0.111. The molecule has 1 N–H and O–H groups in total. The number of anilines is 1. The fourth-order valence-electron chi connectivity index (χ4n) is 3.28. The van der Waals surface area contributed by atoms with Crippen LogP contribution >= 0.6 is 23.4 Å². The van der Waals surface area contributed by atoms with Gasteiger partial charge in [0.2, 0.25) is 5.91 Å². The summed E-state index contributed by atoms with van der Waals surface area (Å²) in [5, 5.41) is 18.6. The van der Waals surface area contributed by atoms with Crippen LogP contribution in [0.25, 0.3) is 11.8 Å². The van der Waals surface area contributed by atoms with E-state index in [-0.39, 0.29) is 11.5 Å². The molecule has 0 spiro atoms. The SMILES string of the molecule is COc1ccc(C=CC(=O)Nc2c(C#N)c(SCc3ccccc3Cl)nn2-c2ccccc2)cc1. The molecule has 1 amide bonds. The van der Waals surface area contributed by atoms with Crippen molar-refractivity contribution in [1.82, 2.24) is 9.78 Å². The van der Waals surface area contributed by atoms with Crippen molar-refractivity contribution < 1.29 is 9.53 Å². The Bertz CT molecular complexity index is 1390. The number of nitrogens with one attached hydrogen (secondary N) is 1. The number of hydrogen-bond acceptors (Lipinski definition) is 5. The standard InChI is InChI=1S/C27H21ClN4O2S/c1-34-22-14-11-19(12-15-22)13-16-25(33)30-26-23(17-29)27(31-32(26)21-8-3-2-4-9-21)35-18-20-7-5-6-10-24(20)28/h2-16H,18H2,1H3,(H,30,33). The number of rotatable bonds is 8. The number of nitrogens with zero attached hydrogens (tertiary/aromatic N) is 3. The third-order valence-corrected chi connectivity index (χ3v) is 6.46. The minimum Gasteiger partial charge on any atom is -0.497 e. The molecule has 35 heavy (non-hydrogen) atoms. The molecule has 1 heterocycles. The van der Waals surface area contributed by atoms with Gasteiger partial charge in [0.05, 0.1) is 12.8 Å². The second-order valence-electron chi connectivity index (χ2n) is 7.36. The van der Waals surface area contributed by atoms with Crippen LogP contribution < -0.4 is 10.1 Å². The molecule has 4 aromatic rings. The van der Waals surface area contributed by atoms with Crippen molar-refractivity contribution in [3.63, 3.8) is 0 Å². The van der Waals surface area contributed by atoms with Gasteiger partial charge in [-0.25, -0.2) is 4.68 Å². The van der Waals surface area contributed by atoms with E-state index in [1.807, 2.05) is 78.9 Å². The molecule has 8 heteroatoms. The van der Waals surface area contributed by atoms with Crippen LogP contribution in [0, 0.1) is 11.3 Å². The van der Waals surface area contributed by atoms with E-state index >= 15 is 0 Å². The van der Waals surface area contributed by atoms with E-state index in [0.29, 0.717) is 21.6 Å². The number of thioether (sulfide) groups is 1. The molecule has 0 radical (unpaired) electrons. The van der Waals surface area contributed by atoms with Gasteiger partial charge in [-0.2, -0.15) is 10.4 Å². The Hall–Kier alpha value is -3.99. The molecule has 0 saturated carbocycles. The van der Waals surface area contributed by atoms with Crippen LogP contribution in [-0.4, -0.2) is 22.8 Å². The van der Waals surface area contributed by atoms with Crippen molar-refractivity contribution in [3.8, 4) is 17.5 Å². The average molecular weight is 501 g/mol. The highest BCUT2D eigenvalue weighted by Gasteiger charge is 2.21. The maximum atomic E-state index is 12.8. The summed E-state index contributed by atoms with van der Waals surface area (Å²) in [6, 6.07) is 26.4. The molecule has 4 rings (SSSR count). The largest absolute Gasteiger partial charge is 0.497 e. The molecule has 6 nitrogen and oxygen atoms in total. The van der Waals surface area contributed by atoms with Crippen molar-refractivity contribution in [1.29, 1.82) is 5.26 Å². The molecule has 174 valence electrons. The van der Waals surface area contributed by atoms with Gasteiger partial charge in [-0.15, -0.1) is 0 Å². The molecule has 0 aliphatic rings. The molecule has 0 atom stereocenters. The summed E-state index contributed by atoms with van der Waals surface area (Å²) >= 11 is 7.68. The Labute approximate surface area is 212 Å². The van der Waals surface area contributed by atoms with E-state index in [4.69, 9.17) is 16.3 Å². The van der Waals surface area contributed by atoms with Gasteiger partial charge >= 0.3 is 0 Å². The van der Waals surface area contributed by atoms with Crippen LogP contribution in [0.5, 0.6) is 5.75 Å². The van der Waals surface area contributed by atoms with Gasteiger partial charge < -0.3 is 10.1 Å². The lowest BCUT2D eigenvalue weighted by atomic mass is 10.2. The van der Waals surface area contributed by atoms with Crippen LogP contribution in [0.3, 0.4) is 0 Å². The van der Waals surface area contributed by atoms with E-state index < -0.39 is 0 Å². The van der Waals surface area contributed by atoms with Crippen molar-refractivity contribution in [2.24, 2.45) is 0 Å². The van der Waals surface area contributed by atoms with Gasteiger partial charge in [-0.3, -0.25) is 4.79 Å². The lowest BCUT2D eigenvalue weighted by Crippen LogP contribution is -2.13. The van der Waals surface area contributed by atoms with Gasteiger partial charge in [0.15, 0.2) is 5.82 Å². The summed E-state index contributed by atoms with van der Waals surface area (Å²) in [5.41, 5.74) is 2.79. The Morgan fingerprint density at radius 3 is 2.51 bits per heavy atom. The van der Waals surface area contributed by atoms with Crippen LogP contribution in [0.1, 0.15) is 16.7 Å². The highest BCUT2D eigenvalue weighted by Crippen LogP contribution is 2.33. The van der Waals surface area contributed by atoms with Gasteiger partial charge in [-0.05, 0) is 47.5 Å². The lowest BCUT2D eigenvalue weighted by Gasteiger charge is -2.07. The van der Waals surface area contributed by atoms with Crippen LogP contribution in [0.2, 0.25) is 5.02 Å². The van der Waals surface area contributed by atoms with Crippen LogP contribution in [0.15, 0.2) is 90.0 Å². The molecule has 3 aromatic carbocycles. The normalized spacial score (nSPS) is 10.8. The molecular formula is C27H21ClN4O2S. The van der Waals surface area contributed by atoms with Crippen molar-refractivity contribution >= 4 is 41.2 Å². The number of aromatic nitrogens is 2. The minimum absolute atomic E-state index is 0.289. The summed E-state index contributed by atoms with van der Waals surface area (Å²) in [6.07, 6.45) is 3.11. The number of benzene rings is 3. The molecule has 0 aliphatic heterocycles. The van der Waals surface area contributed by atoms with Crippen LogP contribution in [-0.2, 0) is 10.5 Å². The van der Waals surface area contributed by atoms with E-state index in [1.54, 1.807) is 17.9 Å². The number of ether oxygens (including phenoxy) is 1. The van der Waals surface area contributed by atoms with E-state index in [2.05, 4.69) is 16.5 Å². The number of carbonyl (C=O) groups excluding carboxylic acids is 1. The second kappa shape index (κ2) is 11.4. The molecule has 0 bridgehead atoms. The first-order chi connectivity index (χ1) is 17.1. The summed E-state index contributed by atoms with van der Waals surface area (Å²) in [7, 11) is 1.60. The molecule has 0 aliphatic carbocycles. The Kier molecular flexibility index (Phi) is 7.88. The maximum absolute atomic E-state index is 12.8. The fraction of sp³-hybridized carbons (Fsp3) is 0.0741. The van der Waals surface area contributed by atoms with Crippen molar-refractivity contribution in [3.05, 3.63) is 107 Å². The summed E-state index contributed by atoms with van der Waals surface area (Å²) in [4.78, 5) is 12.8. The van der Waals surface area contributed by atoms with Gasteiger partial charge in [0.25, 0.3) is 0 Å². The van der Waals surface area contributed by atoms with Gasteiger partial charge in [0, 0.05) is 16.9 Å². The highest BCUT2D eigenvalue weighted by molar-refractivity contribution is 7.98. The maximum Gasteiger partial charge on any atom is 0.249 e.